The number of nitriles is 1. The molecule has 2 aromatic rings. The Morgan fingerprint density at radius 1 is 1.42 bits per heavy atom. The van der Waals surface area contributed by atoms with Crippen LogP contribution in [0.3, 0.4) is 0 Å². The summed E-state index contributed by atoms with van der Waals surface area (Å²) in [5.74, 6) is 0. The van der Waals surface area contributed by atoms with E-state index in [1.54, 1.807) is 12.1 Å². The van der Waals surface area contributed by atoms with E-state index in [2.05, 4.69) is 16.3 Å². The molecule has 0 fully saturated rings. The second kappa shape index (κ2) is 6.02. The zero-order chi connectivity index (χ0) is 13.8. The molecule has 98 valence electrons. The molecule has 5 nitrogen and oxygen atoms in total. The number of nitrogens with zero attached hydrogens (tertiary/aromatic N) is 4. The third-order valence-corrected chi connectivity index (χ3v) is 4.54. The summed E-state index contributed by atoms with van der Waals surface area (Å²) in [5, 5.41) is 27.1. The van der Waals surface area contributed by atoms with E-state index in [9.17, 15) is 0 Å². The van der Waals surface area contributed by atoms with Crippen molar-refractivity contribution in [2.75, 3.05) is 19.0 Å². The summed E-state index contributed by atoms with van der Waals surface area (Å²) in [4.78, 5) is 2.71. The lowest BCUT2D eigenvalue weighted by atomic mass is 10.1. The molecule has 0 radical (unpaired) electrons. The molecule has 1 N–H and O–H groups in total. The molecular weight excluding hydrogens is 280 g/mol. The molecule has 0 aliphatic rings. The van der Waals surface area contributed by atoms with Crippen LogP contribution < -0.4 is 4.90 Å². The lowest BCUT2D eigenvalue weighted by Gasteiger charge is -2.04. The average Bonchev–Trinajstić information content (AvgIpc) is 2.88. The predicted octanol–water partition coefficient (Wildman–Crippen LogP) is 2.12. The molecule has 0 aliphatic heterocycles. The van der Waals surface area contributed by atoms with Crippen LogP contribution in [0.1, 0.15) is 11.1 Å². The van der Waals surface area contributed by atoms with E-state index < -0.39 is 0 Å². The van der Waals surface area contributed by atoms with E-state index in [0.29, 0.717) is 5.56 Å². The van der Waals surface area contributed by atoms with Gasteiger partial charge in [0.2, 0.25) is 5.13 Å². The van der Waals surface area contributed by atoms with Crippen LogP contribution in [-0.2, 0) is 6.61 Å². The Hall–Kier alpha value is -1.62. The molecule has 19 heavy (non-hydrogen) atoms. The van der Waals surface area contributed by atoms with Gasteiger partial charge < -0.3 is 10.0 Å². The van der Waals surface area contributed by atoms with Gasteiger partial charge in [-0.15, -0.1) is 10.2 Å². The van der Waals surface area contributed by atoms with Gasteiger partial charge in [0.05, 0.1) is 12.2 Å². The minimum atomic E-state index is -0.0663. The fourth-order valence-electron chi connectivity index (χ4n) is 1.37. The van der Waals surface area contributed by atoms with Crippen molar-refractivity contribution in [2.45, 2.75) is 15.8 Å². The molecule has 0 atom stereocenters. The standard InChI is InChI=1S/C12H12N4OS2/c1-16(2)11-14-15-12(19-11)18-10-4-3-8(7-17)5-9(10)6-13/h3-5,17H,7H2,1-2H3. The Labute approximate surface area is 119 Å². The van der Waals surface area contributed by atoms with Crippen molar-refractivity contribution in [2.24, 2.45) is 0 Å². The third-order valence-electron chi connectivity index (χ3n) is 2.32. The van der Waals surface area contributed by atoms with E-state index in [4.69, 9.17) is 10.4 Å². The molecule has 2 rings (SSSR count). The number of hydrogen-bond donors (Lipinski definition) is 1. The predicted molar refractivity (Wildman–Crippen MR) is 75.4 cm³/mol. The number of aromatic nitrogens is 2. The van der Waals surface area contributed by atoms with Gasteiger partial charge in [0.25, 0.3) is 0 Å². The lowest BCUT2D eigenvalue weighted by molar-refractivity contribution is 0.281. The van der Waals surface area contributed by atoms with Crippen molar-refractivity contribution in [3.63, 3.8) is 0 Å². The lowest BCUT2D eigenvalue weighted by Crippen LogP contribution is -2.07. The normalized spacial score (nSPS) is 10.2. The van der Waals surface area contributed by atoms with Crippen LogP contribution in [0, 0.1) is 11.3 Å². The van der Waals surface area contributed by atoms with Gasteiger partial charge in [-0.3, -0.25) is 0 Å². The SMILES string of the molecule is CN(C)c1nnc(Sc2ccc(CO)cc2C#N)s1. The highest BCUT2D eigenvalue weighted by Gasteiger charge is 2.10. The van der Waals surface area contributed by atoms with Crippen LogP contribution in [0.2, 0.25) is 0 Å². The van der Waals surface area contributed by atoms with Gasteiger partial charge in [0.1, 0.15) is 6.07 Å². The van der Waals surface area contributed by atoms with Crippen molar-refractivity contribution in [1.82, 2.24) is 10.2 Å². The number of hydrogen-bond acceptors (Lipinski definition) is 7. The summed E-state index contributed by atoms with van der Waals surface area (Å²) in [6, 6.07) is 7.45. The highest BCUT2D eigenvalue weighted by atomic mass is 32.2. The van der Waals surface area contributed by atoms with Gasteiger partial charge in [-0.05, 0) is 17.7 Å². The van der Waals surface area contributed by atoms with E-state index in [1.807, 2.05) is 25.1 Å². The number of aliphatic hydroxyl groups is 1. The van der Waals surface area contributed by atoms with Crippen LogP contribution in [0.5, 0.6) is 0 Å². The van der Waals surface area contributed by atoms with Gasteiger partial charge in [0, 0.05) is 19.0 Å². The van der Waals surface area contributed by atoms with Crippen LogP contribution in [0.15, 0.2) is 27.4 Å². The molecule has 0 amide bonds. The van der Waals surface area contributed by atoms with E-state index in [1.165, 1.54) is 23.1 Å². The molecule has 0 saturated carbocycles. The minimum Gasteiger partial charge on any atom is -0.392 e. The number of anilines is 1. The molecule has 0 unspecified atom stereocenters. The Morgan fingerprint density at radius 3 is 2.79 bits per heavy atom. The summed E-state index contributed by atoms with van der Waals surface area (Å²) < 4.78 is 0.789. The van der Waals surface area contributed by atoms with Gasteiger partial charge in [-0.25, -0.2) is 0 Å². The molecule has 0 aliphatic carbocycles. The second-order valence-electron chi connectivity index (χ2n) is 3.95. The monoisotopic (exact) mass is 292 g/mol. The van der Waals surface area contributed by atoms with Crippen molar-refractivity contribution in [3.8, 4) is 6.07 Å². The first kappa shape index (κ1) is 13.8. The topological polar surface area (TPSA) is 73.0 Å². The van der Waals surface area contributed by atoms with Crippen LogP contribution >= 0.6 is 23.1 Å². The first-order valence-corrected chi connectivity index (χ1v) is 7.10. The molecule has 1 aromatic carbocycles. The third kappa shape index (κ3) is 3.23. The summed E-state index contributed by atoms with van der Waals surface area (Å²) >= 11 is 2.88. The van der Waals surface area contributed by atoms with Crippen LogP contribution in [-0.4, -0.2) is 29.4 Å². The van der Waals surface area contributed by atoms with Crippen molar-refractivity contribution < 1.29 is 5.11 Å². The fraction of sp³-hybridized carbons (Fsp3) is 0.250. The average molecular weight is 292 g/mol. The van der Waals surface area contributed by atoms with Crippen molar-refractivity contribution >= 4 is 28.2 Å². The zero-order valence-corrected chi connectivity index (χ0v) is 12.1. The smallest absolute Gasteiger partial charge is 0.208 e. The van der Waals surface area contributed by atoms with Crippen molar-refractivity contribution in [1.29, 1.82) is 5.26 Å². The number of rotatable bonds is 4. The molecule has 0 saturated heterocycles. The highest BCUT2D eigenvalue weighted by molar-refractivity contribution is 8.01. The molecule has 0 spiro atoms. The molecule has 1 heterocycles. The fourth-order valence-corrected chi connectivity index (χ4v) is 3.15. The summed E-state index contributed by atoms with van der Waals surface area (Å²) in [5.41, 5.74) is 1.27. The van der Waals surface area contributed by atoms with E-state index in [-0.39, 0.29) is 6.61 Å². The summed E-state index contributed by atoms with van der Waals surface area (Å²) in [6.07, 6.45) is 0. The summed E-state index contributed by atoms with van der Waals surface area (Å²) in [7, 11) is 3.82. The van der Waals surface area contributed by atoms with E-state index >= 15 is 0 Å². The Balaban J connectivity index is 2.25. The van der Waals surface area contributed by atoms with Gasteiger partial charge in [0.15, 0.2) is 4.34 Å². The Morgan fingerprint density at radius 2 is 2.21 bits per heavy atom. The highest BCUT2D eigenvalue weighted by Crippen LogP contribution is 2.34. The molecule has 1 aromatic heterocycles. The molecule has 0 bridgehead atoms. The first-order valence-electron chi connectivity index (χ1n) is 5.46. The van der Waals surface area contributed by atoms with Crippen LogP contribution in [0.4, 0.5) is 5.13 Å². The quantitative estimate of drug-likeness (QED) is 0.930. The van der Waals surface area contributed by atoms with Crippen LogP contribution in [0.25, 0.3) is 0 Å². The van der Waals surface area contributed by atoms with Gasteiger partial charge in [-0.2, -0.15) is 5.26 Å². The Bertz CT molecular complexity index is 618. The Kier molecular flexibility index (Phi) is 4.37. The summed E-state index contributed by atoms with van der Waals surface area (Å²) in [6.45, 7) is -0.0663. The van der Waals surface area contributed by atoms with E-state index in [0.717, 1.165) is 19.9 Å². The maximum absolute atomic E-state index is 9.12. The molecular formula is C12H12N4OS2. The first-order chi connectivity index (χ1) is 9.13. The number of aliphatic hydroxyl groups excluding tert-OH is 1. The molecule has 7 heteroatoms. The maximum Gasteiger partial charge on any atom is 0.208 e. The van der Waals surface area contributed by atoms with Gasteiger partial charge in [-0.1, -0.05) is 29.2 Å². The largest absolute Gasteiger partial charge is 0.392 e. The maximum atomic E-state index is 9.12. The van der Waals surface area contributed by atoms with Gasteiger partial charge >= 0.3 is 0 Å². The van der Waals surface area contributed by atoms with Crippen molar-refractivity contribution in [3.05, 3.63) is 29.3 Å². The number of benzene rings is 1. The second-order valence-corrected chi connectivity index (χ2v) is 6.19. The zero-order valence-electron chi connectivity index (χ0n) is 10.5. The minimum absolute atomic E-state index is 0.0663.